The van der Waals surface area contributed by atoms with E-state index in [0.717, 1.165) is 38.5 Å². The molecule has 0 saturated carbocycles. The molecule has 0 saturated heterocycles. The van der Waals surface area contributed by atoms with Crippen LogP contribution < -0.4 is 5.32 Å². The van der Waals surface area contributed by atoms with Gasteiger partial charge in [0.1, 0.15) is 0 Å². The van der Waals surface area contributed by atoms with Crippen LogP contribution in [0.3, 0.4) is 0 Å². The number of aliphatic hydroxyl groups is 2. The summed E-state index contributed by atoms with van der Waals surface area (Å²) in [7, 11) is 0. The first-order valence-corrected chi connectivity index (χ1v) is 36.3. The molecule has 6 nitrogen and oxygen atoms in total. The van der Waals surface area contributed by atoms with Crippen molar-refractivity contribution < 1.29 is 24.5 Å². The van der Waals surface area contributed by atoms with Gasteiger partial charge in [-0.25, -0.2) is 0 Å². The largest absolute Gasteiger partial charge is 0.466 e. The van der Waals surface area contributed by atoms with Gasteiger partial charge in [0.25, 0.3) is 0 Å². The minimum Gasteiger partial charge on any atom is -0.466 e. The smallest absolute Gasteiger partial charge is 0.305 e. The van der Waals surface area contributed by atoms with Gasteiger partial charge in [-0.05, 0) is 25.7 Å². The first kappa shape index (κ1) is 76.9. The lowest BCUT2D eigenvalue weighted by Gasteiger charge is -2.22. The Balaban J connectivity index is 3.25. The Morgan fingerprint density at radius 2 is 0.526 bits per heavy atom. The normalized spacial score (nSPS) is 12.4. The van der Waals surface area contributed by atoms with Crippen LogP contribution in [0, 0.1) is 0 Å². The standard InChI is InChI=1S/C72H143NO5/c1-3-5-7-9-11-13-15-16-43-46-50-54-58-62-66-72(77)78-67-63-59-55-51-47-44-41-39-37-35-33-31-29-27-25-23-21-19-17-18-20-22-24-26-28-30-32-34-36-38-40-42-45-49-53-57-61-65-71(76)73-69(68-74)70(75)64-60-56-52-48-14-12-10-8-6-4-2/h69-70,74-75H,3-68H2,1-2H3,(H,73,76). The Morgan fingerprint density at radius 3 is 0.782 bits per heavy atom. The zero-order valence-corrected chi connectivity index (χ0v) is 53.4. The van der Waals surface area contributed by atoms with Crippen molar-refractivity contribution in [1.82, 2.24) is 5.32 Å². The van der Waals surface area contributed by atoms with Crippen LogP contribution in [0.2, 0.25) is 0 Å². The fourth-order valence-corrected chi connectivity index (χ4v) is 11.9. The molecule has 0 fully saturated rings. The Morgan fingerprint density at radius 1 is 0.308 bits per heavy atom. The van der Waals surface area contributed by atoms with Crippen LogP contribution in [0.4, 0.5) is 0 Å². The maximum atomic E-state index is 12.4. The summed E-state index contributed by atoms with van der Waals surface area (Å²) in [4.78, 5) is 24.5. The molecule has 78 heavy (non-hydrogen) atoms. The van der Waals surface area contributed by atoms with Crippen molar-refractivity contribution in [2.45, 2.75) is 437 Å². The number of rotatable bonds is 69. The molecule has 466 valence electrons. The summed E-state index contributed by atoms with van der Waals surface area (Å²) in [5, 5.41) is 23.2. The molecule has 0 spiro atoms. The third kappa shape index (κ3) is 64.0. The van der Waals surface area contributed by atoms with Gasteiger partial charge in [0.15, 0.2) is 0 Å². The van der Waals surface area contributed by atoms with E-state index in [4.69, 9.17) is 4.74 Å². The lowest BCUT2D eigenvalue weighted by molar-refractivity contribution is -0.143. The van der Waals surface area contributed by atoms with Gasteiger partial charge in [0.2, 0.25) is 5.91 Å². The van der Waals surface area contributed by atoms with Crippen molar-refractivity contribution in [3.8, 4) is 0 Å². The molecule has 0 bridgehead atoms. The van der Waals surface area contributed by atoms with Crippen LogP contribution in [0.1, 0.15) is 425 Å². The van der Waals surface area contributed by atoms with Crippen molar-refractivity contribution in [2.75, 3.05) is 13.2 Å². The molecule has 0 radical (unpaired) electrons. The van der Waals surface area contributed by atoms with E-state index in [2.05, 4.69) is 19.2 Å². The van der Waals surface area contributed by atoms with Gasteiger partial charge in [-0.1, -0.05) is 386 Å². The predicted molar refractivity (Wildman–Crippen MR) is 343 cm³/mol. The van der Waals surface area contributed by atoms with E-state index in [9.17, 15) is 19.8 Å². The molecule has 0 aromatic rings. The molecule has 0 aromatic heterocycles. The molecule has 0 heterocycles. The third-order valence-electron chi connectivity index (χ3n) is 17.4. The number of amides is 1. The number of hydrogen-bond acceptors (Lipinski definition) is 5. The average molecular weight is 1100 g/mol. The molecule has 0 aliphatic carbocycles. The first-order valence-electron chi connectivity index (χ1n) is 36.3. The zero-order valence-electron chi connectivity index (χ0n) is 53.4. The zero-order chi connectivity index (χ0) is 56.4. The SMILES string of the molecule is CCCCCCCCCCCCCCCCC(=O)OCCCCCCCCCCCCCCCCCCCCCCCCCCCCCCCCCCCCCCCC(=O)NC(CO)C(O)CCCCCCCCCCCC. The van der Waals surface area contributed by atoms with Gasteiger partial charge in [-0.2, -0.15) is 0 Å². The molecular weight excluding hydrogens is 959 g/mol. The van der Waals surface area contributed by atoms with Crippen LogP contribution in [0.15, 0.2) is 0 Å². The fourth-order valence-electron chi connectivity index (χ4n) is 11.9. The lowest BCUT2D eigenvalue weighted by Crippen LogP contribution is -2.45. The van der Waals surface area contributed by atoms with Crippen molar-refractivity contribution in [1.29, 1.82) is 0 Å². The minimum atomic E-state index is -0.657. The number of ether oxygens (including phenoxy) is 1. The van der Waals surface area contributed by atoms with E-state index in [-0.39, 0.29) is 18.5 Å². The van der Waals surface area contributed by atoms with E-state index in [0.29, 0.717) is 25.9 Å². The number of nitrogens with one attached hydrogen (secondary N) is 1. The third-order valence-corrected chi connectivity index (χ3v) is 17.4. The average Bonchev–Trinajstić information content (AvgIpc) is 3.44. The number of carbonyl (C=O) groups is 2. The molecule has 2 unspecified atom stereocenters. The molecule has 0 aliphatic heterocycles. The quantitative estimate of drug-likeness (QED) is 0.0417. The highest BCUT2D eigenvalue weighted by molar-refractivity contribution is 5.76. The predicted octanol–water partition coefficient (Wildman–Crippen LogP) is 23.4. The summed E-state index contributed by atoms with van der Waals surface area (Å²) in [5.41, 5.74) is 0. The Hall–Kier alpha value is -1.14. The van der Waals surface area contributed by atoms with Gasteiger partial charge >= 0.3 is 5.97 Å². The molecule has 3 N–H and O–H groups in total. The molecule has 6 heteroatoms. The first-order chi connectivity index (χ1) is 38.5. The summed E-state index contributed by atoms with van der Waals surface area (Å²) in [5.74, 6) is -0.00158. The van der Waals surface area contributed by atoms with E-state index in [1.807, 2.05) is 0 Å². The Labute approximate surface area is 489 Å². The molecule has 0 aliphatic rings. The van der Waals surface area contributed by atoms with Crippen LogP contribution in [0.5, 0.6) is 0 Å². The molecule has 0 aromatic carbocycles. The highest BCUT2D eigenvalue weighted by atomic mass is 16.5. The summed E-state index contributed by atoms with van der Waals surface area (Å²) >= 11 is 0. The summed E-state index contributed by atoms with van der Waals surface area (Å²) in [6.07, 6.45) is 83.3. The van der Waals surface area contributed by atoms with Crippen molar-refractivity contribution in [3.05, 3.63) is 0 Å². The highest BCUT2D eigenvalue weighted by Crippen LogP contribution is 2.20. The monoisotopic (exact) mass is 1100 g/mol. The maximum Gasteiger partial charge on any atom is 0.305 e. The fraction of sp³-hybridized carbons (Fsp3) is 0.972. The topological polar surface area (TPSA) is 95.9 Å². The van der Waals surface area contributed by atoms with Crippen molar-refractivity contribution >= 4 is 11.9 Å². The maximum absolute atomic E-state index is 12.4. The second-order valence-electron chi connectivity index (χ2n) is 25.3. The second-order valence-corrected chi connectivity index (χ2v) is 25.3. The minimum absolute atomic E-state index is 0.0266. The van der Waals surface area contributed by atoms with E-state index in [1.54, 1.807) is 0 Å². The second kappa shape index (κ2) is 68.4. The van der Waals surface area contributed by atoms with E-state index < -0.39 is 12.1 Å². The van der Waals surface area contributed by atoms with E-state index in [1.165, 1.54) is 353 Å². The van der Waals surface area contributed by atoms with Crippen molar-refractivity contribution in [3.63, 3.8) is 0 Å². The summed E-state index contributed by atoms with van der Waals surface area (Å²) in [6.45, 7) is 4.98. The summed E-state index contributed by atoms with van der Waals surface area (Å²) < 4.78 is 5.50. The number of carbonyl (C=O) groups excluding carboxylic acids is 2. The van der Waals surface area contributed by atoms with Gasteiger partial charge in [0.05, 0.1) is 25.4 Å². The summed E-state index contributed by atoms with van der Waals surface area (Å²) in [6, 6.07) is -0.534. The van der Waals surface area contributed by atoms with Gasteiger partial charge < -0.3 is 20.3 Å². The van der Waals surface area contributed by atoms with Gasteiger partial charge in [-0.15, -0.1) is 0 Å². The van der Waals surface area contributed by atoms with E-state index >= 15 is 0 Å². The Bertz CT molecular complexity index is 1130. The molecule has 2 atom stereocenters. The van der Waals surface area contributed by atoms with Crippen LogP contribution in [-0.2, 0) is 14.3 Å². The molecular formula is C72H143NO5. The Kier molecular flexibility index (Phi) is 67.4. The van der Waals surface area contributed by atoms with Crippen LogP contribution in [0.25, 0.3) is 0 Å². The number of esters is 1. The lowest BCUT2D eigenvalue weighted by atomic mass is 10.0. The number of aliphatic hydroxyl groups excluding tert-OH is 2. The van der Waals surface area contributed by atoms with Gasteiger partial charge in [-0.3, -0.25) is 9.59 Å². The molecule has 1 amide bonds. The molecule has 0 rings (SSSR count). The van der Waals surface area contributed by atoms with Crippen molar-refractivity contribution in [2.24, 2.45) is 0 Å². The van der Waals surface area contributed by atoms with Crippen LogP contribution >= 0.6 is 0 Å². The highest BCUT2D eigenvalue weighted by Gasteiger charge is 2.20. The van der Waals surface area contributed by atoms with Gasteiger partial charge in [0, 0.05) is 12.8 Å². The number of hydrogen-bond donors (Lipinski definition) is 3. The number of unbranched alkanes of at least 4 members (excludes halogenated alkanes) is 58. The van der Waals surface area contributed by atoms with Crippen LogP contribution in [-0.4, -0.2) is 47.4 Å².